The SMILES string of the molecule is Br[CH2][Hg][CH2]Br. The Kier molecular flexibility index (Phi) is 8.13. The molecule has 0 amide bonds. The van der Waals surface area contributed by atoms with Gasteiger partial charge in [-0.15, -0.1) is 0 Å². The van der Waals surface area contributed by atoms with Crippen molar-refractivity contribution in [3.05, 3.63) is 0 Å². The maximum atomic E-state index is 3.38. The average molecular weight is 388 g/mol. The van der Waals surface area contributed by atoms with E-state index in [4.69, 9.17) is 0 Å². The van der Waals surface area contributed by atoms with Gasteiger partial charge in [-0.3, -0.25) is 0 Å². The van der Waals surface area contributed by atoms with Crippen molar-refractivity contribution in [3.63, 3.8) is 0 Å². The Morgan fingerprint density at radius 2 is 1.60 bits per heavy atom. The molecule has 0 aliphatic heterocycles. The number of rotatable bonds is 2. The van der Waals surface area contributed by atoms with Crippen molar-refractivity contribution in [1.29, 1.82) is 0 Å². The molecule has 3 heteroatoms. The Morgan fingerprint density at radius 1 is 1.20 bits per heavy atom. The first-order valence-electron chi connectivity index (χ1n) is 1.53. The van der Waals surface area contributed by atoms with Gasteiger partial charge in [0.15, 0.2) is 0 Å². The summed E-state index contributed by atoms with van der Waals surface area (Å²) < 4.78 is 2.66. The molecule has 5 heavy (non-hydrogen) atoms. The summed E-state index contributed by atoms with van der Waals surface area (Å²) in [6.07, 6.45) is 0. The van der Waals surface area contributed by atoms with E-state index in [9.17, 15) is 0 Å². The first kappa shape index (κ1) is 6.90. The fraction of sp³-hybridized carbons (Fsp3) is 1.00. The Balaban J connectivity index is 2.19. The van der Waals surface area contributed by atoms with Crippen LogP contribution in [0.1, 0.15) is 0 Å². The van der Waals surface area contributed by atoms with E-state index >= 15 is 0 Å². The van der Waals surface area contributed by atoms with E-state index in [-0.39, 0.29) is 24.6 Å². The second kappa shape index (κ2) is 5.90. The molecule has 0 aliphatic carbocycles. The summed E-state index contributed by atoms with van der Waals surface area (Å²) in [5.74, 6) is 0. The van der Waals surface area contributed by atoms with Crippen LogP contribution in [0.3, 0.4) is 0 Å². The minimum atomic E-state index is -0.309. The topological polar surface area (TPSA) is 0 Å². The summed E-state index contributed by atoms with van der Waals surface area (Å²) in [7, 11) is 0. The van der Waals surface area contributed by atoms with Crippen LogP contribution < -0.4 is 0 Å². The molecule has 0 atom stereocenters. The van der Waals surface area contributed by atoms with Crippen molar-refractivity contribution in [3.8, 4) is 0 Å². The number of hydrogen-bond acceptors (Lipinski definition) is 0. The van der Waals surface area contributed by atoms with E-state index in [0.717, 1.165) is 0 Å². The van der Waals surface area contributed by atoms with E-state index in [1.54, 1.807) is 0 Å². The summed E-state index contributed by atoms with van der Waals surface area (Å²) >= 11 is 6.45. The Hall–Kier alpha value is 1.90. The van der Waals surface area contributed by atoms with Crippen molar-refractivity contribution in [1.82, 2.24) is 0 Å². The maximum absolute atomic E-state index is 3.38. The van der Waals surface area contributed by atoms with Crippen LogP contribution in [-0.2, 0) is 24.6 Å². The minimum absolute atomic E-state index is 0.309. The zero-order valence-corrected chi connectivity index (χ0v) is 11.5. The number of hydrogen-bond donors (Lipinski definition) is 0. The average Bonchev–Trinajstić information content (AvgIpc) is 1.41. The molecule has 0 unspecified atom stereocenters. The second-order valence-electron chi connectivity index (χ2n) is 0.732. The van der Waals surface area contributed by atoms with Gasteiger partial charge in [-0.1, -0.05) is 0 Å². The van der Waals surface area contributed by atoms with Crippen molar-refractivity contribution in [2.75, 3.05) is 5.68 Å². The molecule has 0 saturated carbocycles. The van der Waals surface area contributed by atoms with Gasteiger partial charge in [-0.05, 0) is 0 Å². The molecule has 0 heterocycles. The van der Waals surface area contributed by atoms with E-state index in [2.05, 4.69) is 31.9 Å². The molecule has 0 aromatic carbocycles. The molecule has 0 nitrogen and oxygen atoms in total. The molecule has 0 N–H and O–H groups in total. The summed E-state index contributed by atoms with van der Waals surface area (Å²) in [6, 6.07) is 0. The fourth-order valence-electron chi connectivity index (χ4n) is 0.0505. The van der Waals surface area contributed by atoms with Gasteiger partial charge in [0.05, 0.1) is 0 Å². The Morgan fingerprint density at radius 3 is 1.60 bits per heavy atom. The van der Waals surface area contributed by atoms with Crippen molar-refractivity contribution in [2.24, 2.45) is 0 Å². The Labute approximate surface area is 61.4 Å². The zero-order valence-electron chi connectivity index (χ0n) is 2.88. The summed E-state index contributed by atoms with van der Waals surface area (Å²) in [4.78, 5) is 0. The first-order chi connectivity index (χ1) is 2.41. The third-order valence-electron chi connectivity index (χ3n) is 0.267. The second-order valence-corrected chi connectivity index (χ2v) is 20.3. The monoisotopic (exact) mass is 388 g/mol. The van der Waals surface area contributed by atoms with E-state index in [1.807, 2.05) is 0 Å². The summed E-state index contributed by atoms with van der Waals surface area (Å²) in [5, 5.41) is 0. The normalized spacial score (nSPS) is 6.80. The van der Waals surface area contributed by atoms with Crippen LogP contribution >= 0.6 is 31.9 Å². The van der Waals surface area contributed by atoms with Crippen LogP contribution in [0.5, 0.6) is 0 Å². The van der Waals surface area contributed by atoms with Crippen LogP contribution in [0.25, 0.3) is 0 Å². The molecule has 0 spiro atoms. The van der Waals surface area contributed by atoms with Gasteiger partial charge in [-0.2, -0.15) is 0 Å². The van der Waals surface area contributed by atoms with Crippen LogP contribution in [0.2, 0.25) is 0 Å². The fourth-order valence-corrected chi connectivity index (χ4v) is 12.0. The van der Waals surface area contributed by atoms with Gasteiger partial charge in [-0.25, -0.2) is 0 Å². The molecule has 0 bridgehead atoms. The molecule has 28 valence electrons. The molecule has 0 radical (unpaired) electrons. The van der Waals surface area contributed by atoms with Crippen LogP contribution in [-0.4, -0.2) is 5.68 Å². The van der Waals surface area contributed by atoms with E-state index in [1.165, 1.54) is 5.68 Å². The molecular weight excluding hydrogens is 384 g/mol. The van der Waals surface area contributed by atoms with Gasteiger partial charge in [0, 0.05) is 0 Å². The third kappa shape index (κ3) is 5.90. The predicted octanol–water partition coefficient (Wildman–Crippen LogP) is 1.77. The third-order valence-corrected chi connectivity index (χ3v) is 12.2. The molecule has 0 aromatic rings. The Bertz CT molecular complexity index is 15.1. The van der Waals surface area contributed by atoms with Crippen LogP contribution in [0, 0.1) is 0 Å². The van der Waals surface area contributed by atoms with Crippen LogP contribution in [0.15, 0.2) is 0 Å². The van der Waals surface area contributed by atoms with Crippen LogP contribution in [0.4, 0.5) is 0 Å². The van der Waals surface area contributed by atoms with Gasteiger partial charge in [0.25, 0.3) is 0 Å². The van der Waals surface area contributed by atoms with Crippen molar-refractivity contribution in [2.45, 2.75) is 0 Å². The van der Waals surface area contributed by atoms with E-state index in [0.29, 0.717) is 0 Å². The van der Waals surface area contributed by atoms with Gasteiger partial charge in [0.1, 0.15) is 0 Å². The predicted molar refractivity (Wildman–Crippen MR) is 27.6 cm³/mol. The zero-order chi connectivity index (χ0) is 4.12. The molecule has 0 aromatic heterocycles. The number of alkyl halides is 2. The number of halogens is 2. The van der Waals surface area contributed by atoms with Crippen molar-refractivity contribution < 1.29 is 24.6 Å². The van der Waals surface area contributed by atoms with E-state index < -0.39 is 0 Å². The van der Waals surface area contributed by atoms with Crippen molar-refractivity contribution >= 4 is 31.9 Å². The molecule has 0 aliphatic rings. The molecular formula is C2H4Br2Hg. The summed E-state index contributed by atoms with van der Waals surface area (Å²) in [6.45, 7) is 0. The molecule has 0 fully saturated rings. The van der Waals surface area contributed by atoms with Gasteiger partial charge in [0.2, 0.25) is 0 Å². The van der Waals surface area contributed by atoms with Gasteiger partial charge < -0.3 is 0 Å². The first-order valence-corrected chi connectivity index (χ1v) is 11.6. The molecule has 0 rings (SSSR count). The standard InChI is InChI=1S/2CH2Br.Hg/c2*1-2;/h2*1H2;. The molecule has 0 saturated heterocycles. The van der Waals surface area contributed by atoms with Gasteiger partial charge >= 0.3 is 62.1 Å². The summed E-state index contributed by atoms with van der Waals surface area (Å²) in [5.41, 5.74) is 0. The quantitative estimate of drug-likeness (QED) is 0.500.